The highest BCUT2D eigenvalue weighted by atomic mass is 16.5. The second kappa shape index (κ2) is 4.60. The number of hydrogen-bond donors (Lipinski definition) is 1. The zero-order valence-corrected chi connectivity index (χ0v) is 11.3. The van der Waals surface area contributed by atoms with Gasteiger partial charge in [0.2, 0.25) is 0 Å². The van der Waals surface area contributed by atoms with E-state index in [9.17, 15) is 4.79 Å². The van der Waals surface area contributed by atoms with Gasteiger partial charge in [-0.05, 0) is 50.9 Å². The van der Waals surface area contributed by atoms with Crippen LogP contribution in [0.25, 0.3) is 0 Å². The third kappa shape index (κ3) is 3.01. The summed E-state index contributed by atoms with van der Waals surface area (Å²) in [6.07, 6.45) is 6.48. The molecule has 0 atom stereocenters. The van der Waals surface area contributed by atoms with Gasteiger partial charge in [0.05, 0.1) is 6.61 Å². The Hall–Kier alpha value is -0.570. The van der Waals surface area contributed by atoms with Crippen LogP contribution >= 0.6 is 0 Å². The molecule has 2 rings (SSSR count). The molecule has 0 aromatic carbocycles. The Morgan fingerprint density at radius 2 is 1.82 bits per heavy atom. The summed E-state index contributed by atoms with van der Waals surface area (Å²) in [6, 6.07) is 0.556. The normalized spacial score (nSPS) is 26.5. The summed E-state index contributed by atoms with van der Waals surface area (Å²) in [5, 5.41) is 3.55. The van der Waals surface area contributed by atoms with Crippen LogP contribution in [-0.2, 0) is 9.53 Å². The SMILES string of the molecule is CCOC(=O)C1(NC2CC2)CCC(C)(C)CC1. The number of esters is 1. The first-order valence-electron chi connectivity index (χ1n) is 6.92. The van der Waals surface area contributed by atoms with Crippen LogP contribution in [0, 0.1) is 5.41 Å². The zero-order valence-electron chi connectivity index (χ0n) is 11.3. The van der Waals surface area contributed by atoms with Crippen molar-refractivity contribution in [3.8, 4) is 0 Å². The van der Waals surface area contributed by atoms with E-state index in [1.807, 2.05) is 6.92 Å². The quantitative estimate of drug-likeness (QED) is 0.766. The van der Waals surface area contributed by atoms with Crippen molar-refractivity contribution in [1.82, 2.24) is 5.32 Å². The lowest BCUT2D eigenvalue weighted by molar-refractivity contribution is -0.154. The predicted molar refractivity (Wildman–Crippen MR) is 67.8 cm³/mol. The van der Waals surface area contributed by atoms with Crippen LogP contribution in [0.1, 0.15) is 59.3 Å². The largest absolute Gasteiger partial charge is 0.465 e. The lowest BCUT2D eigenvalue weighted by Crippen LogP contribution is -2.56. The van der Waals surface area contributed by atoms with E-state index in [0.717, 1.165) is 25.7 Å². The van der Waals surface area contributed by atoms with Crippen LogP contribution in [0.5, 0.6) is 0 Å². The van der Waals surface area contributed by atoms with E-state index in [0.29, 0.717) is 18.1 Å². The molecule has 3 nitrogen and oxygen atoms in total. The van der Waals surface area contributed by atoms with Gasteiger partial charge >= 0.3 is 5.97 Å². The molecule has 0 radical (unpaired) electrons. The number of hydrogen-bond acceptors (Lipinski definition) is 3. The van der Waals surface area contributed by atoms with E-state index in [1.54, 1.807) is 0 Å². The van der Waals surface area contributed by atoms with Crippen molar-refractivity contribution >= 4 is 5.97 Å². The molecule has 0 saturated heterocycles. The van der Waals surface area contributed by atoms with Gasteiger partial charge in [-0.25, -0.2) is 0 Å². The Kier molecular flexibility index (Phi) is 3.48. The topological polar surface area (TPSA) is 38.3 Å². The van der Waals surface area contributed by atoms with Crippen LogP contribution in [0.4, 0.5) is 0 Å². The van der Waals surface area contributed by atoms with Crippen molar-refractivity contribution in [3.63, 3.8) is 0 Å². The molecule has 2 aliphatic carbocycles. The molecule has 0 heterocycles. The lowest BCUT2D eigenvalue weighted by Gasteiger charge is -2.42. The van der Waals surface area contributed by atoms with Gasteiger partial charge in [-0.3, -0.25) is 10.1 Å². The molecule has 0 spiro atoms. The molecule has 3 heteroatoms. The van der Waals surface area contributed by atoms with Crippen molar-refractivity contribution in [2.75, 3.05) is 6.61 Å². The Morgan fingerprint density at radius 3 is 2.29 bits per heavy atom. The minimum absolute atomic E-state index is 0.0256. The fourth-order valence-electron chi connectivity index (χ4n) is 2.65. The average Bonchev–Trinajstić information content (AvgIpc) is 3.06. The Labute approximate surface area is 104 Å². The van der Waals surface area contributed by atoms with Crippen molar-refractivity contribution in [2.45, 2.75) is 70.9 Å². The number of carbonyl (C=O) groups excluding carboxylic acids is 1. The van der Waals surface area contributed by atoms with E-state index in [4.69, 9.17) is 4.74 Å². The number of nitrogens with one attached hydrogen (secondary N) is 1. The molecule has 2 fully saturated rings. The van der Waals surface area contributed by atoms with Crippen LogP contribution in [0.3, 0.4) is 0 Å². The minimum Gasteiger partial charge on any atom is -0.465 e. The van der Waals surface area contributed by atoms with E-state index in [-0.39, 0.29) is 11.5 Å². The van der Waals surface area contributed by atoms with Gasteiger partial charge in [0, 0.05) is 6.04 Å². The second-order valence-electron chi connectivity index (χ2n) is 6.39. The molecule has 0 aromatic heterocycles. The summed E-state index contributed by atoms with van der Waals surface area (Å²) in [6.45, 7) is 6.95. The maximum absolute atomic E-state index is 12.2. The highest BCUT2D eigenvalue weighted by Crippen LogP contribution is 2.42. The number of ether oxygens (including phenoxy) is 1. The molecule has 2 aliphatic rings. The van der Waals surface area contributed by atoms with Gasteiger partial charge in [-0.1, -0.05) is 13.8 Å². The highest BCUT2D eigenvalue weighted by molar-refractivity contribution is 5.81. The van der Waals surface area contributed by atoms with Crippen molar-refractivity contribution in [2.24, 2.45) is 5.41 Å². The first kappa shape index (κ1) is 12.9. The van der Waals surface area contributed by atoms with E-state index in [2.05, 4.69) is 19.2 Å². The summed E-state index contributed by atoms with van der Waals surface area (Å²) < 4.78 is 5.28. The standard InChI is InChI=1S/C14H25NO2/c1-4-17-12(16)14(15-11-5-6-11)9-7-13(2,3)8-10-14/h11,15H,4-10H2,1-3H3. The molecule has 0 aliphatic heterocycles. The highest BCUT2D eigenvalue weighted by Gasteiger charge is 2.47. The molecule has 98 valence electrons. The van der Waals surface area contributed by atoms with Gasteiger partial charge in [0.1, 0.15) is 5.54 Å². The number of rotatable bonds is 4. The van der Waals surface area contributed by atoms with Crippen molar-refractivity contribution < 1.29 is 9.53 Å². The summed E-state index contributed by atoms with van der Waals surface area (Å²) in [4.78, 5) is 12.2. The Bertz CT molecular complexity index is 285. The summed E-state index contributed by atoms with van der Waals surface area (Å²) in [5.74, 6) is -0.0256. The van der Waals surface area contributed by atoms with Crippen molar-refractivity contribution in [3.05, 3.63) is 0 Å². The van der Waals surface area contributed by atoms with Gasteiger partial charge in [0.25, 0.3) is 0 Å². The fraction of sp³-hybridized carbons (Fsp3) is 0.929. The summed E-state index contributed by atoms with van der Waals surface area (Å²) in [5.41, 5.74) is -0.00603. The molecule has 0 bridgehead atoms. The van der Waals surface area contributed by atoms with E-state index in [1.165, 1.54) is 12.8 Å². The summed E-state index contributed by atoms with van der Waals surface area (Å²) in [7, 11) is 0. The van der Waals surface area contributed by atoms with Crippen LogP contribution in [0.2, 0.25) is 0 Å². The zero-order chi connectivity index (χ0) is 12.5. The first-order chi connectivity index (χ1) is 7.97. The van der Waals surface area contributed by atoms with Gasteiger partial charge < -0.3 is 4.74 Å². The third-order valence-electron chi connectivity index (χ3n) is 4.18. The molecule has 17 heavy (non-hydrogen) atoms. The monoisotopic (exact) mass is 239 g/mol. The second-order valence-corrected chi connectivity index (χ2v) is 6.39. The molecule has 2 saturated carbocycles. The molecular formula is C14H25NO2. The fourth-order valence-corrected chi connectivity index (χ4v) is 2.65. The van der Waals surface area contributed by atoms with Crippen LogP contribution in [-0.4, -0.2) is 24.2 Å². The summed E-state index contributed by atoms with van der Waals surface area (Å²) >= 11 is 0. The Balaban J connectivity index is 2.05. The molecule has 0 aromatic rings. The average molecular weight is 239 g/mol. The molecule has 1 N–H and O–H groups in total. The molecule has 0 unspecified atom stereocenters. The smallest absolute Gasteiger partial charge is 0.326 e. The van der Waals surface area contributed by atoms with Crippen LogP contribution < -0.4 is 5.32 Å². The molecular weight excluding hydrogens is 214 g/mol. The lowest BCUT2D eigenvalue weighted by atomic mass is 9.69. The predicted octanol–water partition coefficient (Wildman–Crippen LogP) is 2.64. The third-order valence-corrected chi connectivity index (χ3v) is 4.18. The van der Waals surface area contributed by atoms with Gasteiger partial charge in [-0.15, -0.1) is 0 Å². The maximum atomic E-state index is 12.2. The Morgan fingerprint density at radius 1 is 1.24 bits per heavy atom. The van der Waals surface area contributed by atoms with E-state index < -0.39 is 0 Å². The van der Waals surface area contributed by atoms with Gasteiger partial charge in [-0.2, -0.15) is 0 Å². The molecule has 0 amide bonds. The first-order valence-corrected chi connectivity index (χ1v) is 6.92. The minimum atomic E-state index is -0.382. The number of carbonyl (C=O) groups is 1. The van der Waals surface area contributed by atoms with Crippen LogP contribution in [0.15, 0.2) is 0 Å². The van der Waals surface area contributed by atoms with Gasteiger partial charge in [0.15, 0.2) is 0 Å². The van der Waals surface area contributed by atoms with Crippen molar-refractivity contribution in [1.29, 1.82) is 0 Å². The maximum Gasteiger partial charge on any atom is 0.326 e. The van der Waals surface area contributed by atoms with E-state index >= 15 is 0 Å².